The maximum absolute atomic E-state index is 12.2. The van der Waals surface area contributed by atoms with Gasteiger partial charge in [-0.1, -0.05) is 0 Å². The first-order valence-electron chi connectivity index (χ1n) is 7.01. The average molecular weight is 282 g/mol. The normalized spacial score (nSPS) is 30.5. The summed E-state index contributed by atoms with van der Waals surface area (Å²) in [6.45, 7) is 2.01. The Balaban J connectivity index is 1.67. The van der Waals surface area contributed by atoms with E-state index >= 15 is 0 Å². The zero-order valence-corrected chi connectivity index (χ0v) is 12.5. The van der Waals surface area contributed by atoms with Gasteiger partial charge in [0, 0.05) is 39.0 Å². The monoisotopic (exact) mass is 282 g/mol. The number of aliphatic imine (C=N–C) groups is 1. The molecule has 1 amide bonds. The Kier molecular flexibility index (Phi) is 3.47. The summed E-state index contributed by atoms with van der Waals surface area (Å²) in [5, 5.41) is 2.91. The molecule has 5 nitrogen and oxygen atoms in total. The third kappa shape index (κ3) is 2.36. The van der Waals surface area contributed by atoms with Crippen LogP contribution in [-0.4, -0.2) is 71.9 Å². The zero-order valence-electron chi connectivity index (χ0n) is 11.7. The van der Waals surface area contributed by atoms with Gasteiger partial charge < -0.3 is 4.90 Å². The summed E-state index contributed by atoms with van der Waals surface area (Å²) in [5.41, 5.74) is -0.484. The van der Waals surface area contributed by atoms with Crippen molar-refractivity contribution in [3.05, 3.63) is 0 Å². The molecule has 106 valence electrons. The molecule has 1 N–H and O–H groups in total. The van der Waals surface area contributed by atoms with E-state index < -0.39 is 5.54 Å². The zero-order chi connectivity index (χ0) is 13.5. The van der Waals surface area contributed by atoms with Crippen molar-refractivity contribution in [1.82, 2.24) is 15.1 Å². The molecule has 3 rings (SSSR count). The van der Waals surface area contributed by atoms with E-state index in [2.05, 4.69) is 15.2 Å². The van der Waals surface area contributed by atoms with E-state index in [1.54, 1.807) is 0 Å². The summed E-state index contributed by atoms with van der Waals surface area (Å²) in [4.78, 5) is 21.3. The van der Waals surface area contributed by atoms with E-state index in [9.17, 15) is 4.79 Å². The van der Waals surface area contributed by atoms with Crippen LogP contribution in [0.5, 0.6) is 0 Å². The predicted molar refractivity (Wildman–Crippen MR) is 78.5 cm³/mol. The van der Waals surface area contributed by atoms with Crippen molar-refractivity contribution >= 4 is 23.6 Å². The molecule has 19 heavy (non-hydrogen) atoms. The van der Waals surface area contributed by atoms with Gasteiger partial charge in [-0.25, -0.2) is 4.99 Å². The van der Waals surface area contributed by atoms with Crippen molar-refractivity contribution in [3.8, 4) is 0 Å². The van der Waals surface area contributed by atoms with Crippen LogP contribution in [-0.2, 0) is 4.79 Å². The molecule has 3 aliphatic rings. The lowest BCUT2D eigenvalue weighted by atomic mass is 9.87. The third-order valence-corrected chi connectivity index (χ3v) is 5.58. The molecule has 0 aliphatic carbocycles. The van der Waals surface area contributed by atoms with E-state index in [-0.39, 0.29) is 5.91 Å². The van der Waals surface area contributed by atoms with Gasteiger partial charge in [-0.05, 0) is 25.0 Å². The van der Waals surface area contributed by atoms with Gasteiger partial charge in [-0.3, -0.25) is 15.0 Å². The molecule has 0 aromatic rings. The number of nitrogens with zero attached hydrogens (tertiary/aromatic N) is 3. The summed E-state index contributed by atoms with van der Waals surface area (Å²) in [7, 11) is 3.84. The van der Waals surface area contributed by atoms with E-state index in [0.717, 1.165) is 37.9 Å². The van der Waals surface area contributed by atoms with Gasteiger partial charge in [0.2, 0.25) is 5.96 Å². The third-order valence-electron chi connectivity index (χ3n) is 4.44. The minimum absolute atomic E-state index is 0.0941. The Morgan fingerprint density at radius 2 is 2.16 bits per heavy atom. The Hall–Kier alpha value is -0.750. The number of piperidine rings is 1. The maximum atomic E-state index is 12.2. The number of carbonyl (C=O) groups is 1. The van der Waals surface area contributed by atoms with Crippen molar-refractivity contribution in [2.45, 2.75) is 30.8 Å². The van der Waals surface area contributed by atoms with Crippen molar-refractivity contribution in [3.63, 3.8) is 0 Å². The summed E-state index contributed by atoms with van der Waals surface area (Å²) in [5.74, 6) is 3.35. The van der Waals surface area contributed by atoms with Crippen molar-refractivity contribution < 1.29 is 4.79 Å². The molecule has 2 fully saturated rings. The van der Waals surface area contributed by atoms with Crippen LogP contribution in [0, 0.1) is 0 Å². The first kappa shape index (κ1) is 13.2. The van der Waals surface area contributed by atoms with E-state index in [0.29, 0.717) is 0 Å². The van der Waals surface area contributed by atoms with Gasteiger partial charge in [-0.2, -0.15) is 11.8 Å². The summed E-state index contributed by atoms with van der Waals surface area (Å²) in [6.07, 6.45) is 3.02. The fourth-order valence-corrected chi connectivity index (χ4v) is 4.37. The summed E-state index contributed by atoms with van der Waals surface area (Å²) < 4.78 is 0. The quantitative estimate of drug-likeness (QED) is 0.755. The number of carbonyl (C=O) groups excluding carboxylic acids is 1. The second kappa shape index (κ2) is 4.98. The standard InChI is InChI=1S/C13H22N4OS/c1-16(2)12-14-11(18)13(15-12)4-6-17(7-5-13)10-3-8-19-9-10/h10H,3-9H2,1-2H3,(H,14,15,18)/t10-/m0/s1. The second-order valence-electron chi connectivity index (χ2n) is 5.87. The van der Waals surface area contributed by atoms with Crippen LogP contribution in [0.4, 0.5) is 0 Å². The number of hydrogen-bond donors (Lipinski definition) is 1. The molecule has 6 heteroatoms. The fraction of sp³-hybridized carbons (Fsp3) is 0.846. The average Bonchev–Trinajstić information content (AvgIpc) is 3.01. The number of likely N-dealkylation sites (tertiary alicyclic amines) is 1. The van der Waals surface area contributed by atoms with Crippen molar-refractivity contribution in [2.75, 3.05) is 38.7 Å². The van der Waals surface area contributed by atoms with Gasteiger partial charge in [0.1, 0.15) is 5.54 Å². The largest absolute Gasteiger partial charge is 0.349 e. The molecular formula is C13H22N4OS. The van der Waals surface area contributed by atoms with Crippen LogP contribution in [0.15, 0.2) is 4.99 Å². The molecular weight excluding hydrogens is 260 g/mol. The highest BCUT2D eigenvalue weighted by Crippen LogP contribution is 2.33. The molecule has 3 aliphatic heterocycles. The number of nitrogens with one attached hydrogen (secondary N) is 1. The highest BCUT2D eigenvalue weighted by molar-refractivity contribution is 7.99. The lowest BCUT2D eigenvalue weighted by Crippen LogP contribution is -2.51. The number of thioether (sulfide) groups is 1. The van der Waals surface area contributed by atoms with Gasteiger partial charge in [0.15, 0.2) is 0 Å². The van der Waals surface area contributed by atoms with Gasteiger partial charge in [0.25, 0.3) is 5.91 Å². The Morgan fingerprint density at radius 3 is 2.68 bits per heavy atom. The summed E-state index contributed by atoms with van der Waals surface area (Å²) in [6, 6.07) is 0.726. The Morgan fingerprint density at radius 1 is 1.42 bits per heavy atom. The molecule has 1 spiro atoms. The highest BCUT2D eigenvalue weighted by atomic mass is 32.2. The predicted octanol–water partition coefficient (Wildman–Crippen LogP) is 0.374. The minimum Gasteiger partial charge on any atom is -0.349 e. The highest BCUT2D eigenvalue weighted by Gasteiger charge is 2.47. The van der Waals surface area contributed by atoms with Crippen LogP contribution in [0.3, 0.4) is 0 Å². The SMILES string of the molecule is CN(C)C1=NC2(CCN([C@H]3CCSC3)CC2)C(=O)N1. The van der Waals surface area contributed by atoms with Crippen LogP contribution in [0.2, 0.25) is 0 Å². The fourth-order valence-electron chi connectivity index (χ4n) is 3.12. The number of guanidine groups is 1. The van der Waals surface area contributed by atoms with Crippen LogP contribution in [0.25, 0.3) is 0 Å². The molecule has 0 radical (unpaired) electrons. The number of rotatable bonds is 1. The second-order valence-corrected chi connectivity index (χ2v) is 7.02. The van der Waals surface area contributed by atoms with Gasteiger partial charge in [-0.15, -0.1) is 0 Å². The topological polar surface area (TPSA) is 47.9 Å². The summed E-state index contributed by atoms with van der Waals surface area (Å²) >= 11 is 2.05. The lowest BCUT2D eigenvalue weighted by molar-refractivity contribution is -0.125. The first-order chi connectivity index (χ1) is 9.11. The van der Waals surface area contributed by atoms with E-state index in [1.807, 2.05) is 30.8 Å². The van der Waals surface area contributed by atoms with Crippen molar-refractivity contribution in [1.29, 1.82) is 0 Å². The number of amides is 1. The number of hydrogen-bond acceptors (Lipinski definition) is 5. The van der Waals surface area contributed by atoms with Crippen LogP contribution < -0.4 is 5.32 Å². The van der Waals surface area contributed by atoms with Crippen LogP contribution in [0.1, 0.15) is 19.3 Å². The van der Waals surface area contributed by atoms with E-state index in [1.165, 1.54) is 17.9 Å². The molecule has 3 heterocycles. The van der Waals surface area contributed by atoms with Crippen molar-refractivity contribution in [2.24, 2.45) is 4.99 Å². The maximum Gasteiger partial charge on any atom is 0.254 e. The molecule has 0 unspecified atom stereocenters. The molecule has 0 saturated carbocycles. The molecule has 0 aromatic carbocycles. The molecule has 0 bridgehead atoms. The van der Waals surface area contributed by atoms with Gasteiger partial charge in [0.05, 0.1) is 0 Å². The molecule has 0 aromatic heterocycles. The smallest absolute Gasteiger partial charge is 0.254 e. The Bertz CT molecular complexity index is 395. The van der Waals surface area contributed by atoms with Crippen LogP contribution >= 0.6 is 11.8 Å². The molecule has 1 atom stereocenters. The van der Waals surface area contributed by atoms with Gasteiger partial charge >= 0.3 is 0 Å². The first-order valence-corrected chi connectivity index (χ1v) is 8.17. The van der Waals surface area contributed by atoms with E-state index in [4.69, 9.17) is 0 Å². The molecule has 2 saturated heterocycles. The minimum atomic E-state index is -0.484. The lowest BCUT2D eigenvalue weighted by Gasteiger charge is -2.38. The Labute approximate surface area is 118 Å².